The second-order valence-corrected chi connectivity index (χ2v) is 8.44. The van der Waals surface area contributed by atoms with Crippen molar-refractivity contribution in [2.45, 2.75) is 46.2 Å². The number of tetrazole rings is 1. The van der Waals surface area contributed by atoms with Crippen molar-refractivity contribution in [1.82, 2.24) is 20.2 Å². The highest BCUT2D eigenvalue weighted by atomic mass is 19.1. The number of nitrogens with zero attached hydrogens (tertiary/aromatic N) is 5. The summed E-state index contributed by atoms with van der Waals surface area (Å²) >= 11 is 0. The molecule has 1 fully saturated rings. The van der Waals surface area contributed by atoms with E-state index in [1.165, 1.54) is 11.0 Å². The minimum atomic E-state index is -0.152. The molecule has 0 saturated carbocycles. The van der Waals surface area contributed by atoms with E-state index in [-0.39, 0.29) is 17.4 Å². The van der Waals surface area contributed by atoms with Crippen LogP contribution in [0.4, 0.5) is 10.1 Å². The van der Waals surface area contributed by atoms with Crippen LogP contribution in [0.15, 0.2) is 24.3 Å². The first-order chi connectivity index (χ1) is 12.3. The van der Waals surface area contributed by atoms with Crippen LogP contribution in [0.25, 0.3) is 0 Å². The van der Waals surface area contributed by atoms with Crippen LogP contribution in [0, 0.1) is 11.7 Å². The molecule has 1 atom stereocenters. The molecule has 1 saturated heterocycles. The fraction of sp³-hybridized carbons (Fsp3) is 0.632. The molecule has 0 radical (unpaired) electrons. The topological polar surface area (TPSA) is 51.3 Å². The lowest BCUT2D eigenvalue weighted by atomic mass is 9.99. The molecule has 7 heteroatoms. The minimum absolute atomic E-state index is 0.145. The monoisotopic (exact) mass is 361 g/mol. The van der Waals surface area contributed by atoms with Gasteiger partial charge < -0.3 is 9.80 Å². The summed E-state index contributed by atoms with van der Waals surface area (Å²) in [4.78, 5) is 3.61. The first-order valence-corrected chi connectivity index (χ1v) is 9.42. The average molecular weight is 361 g/mol. The predicted octanol–water partition coefficient (Wildman–Crippen LogP) is 1.67. The first kappa shape index (κ1) is 18.8. The number of hydrogen-bond acceptors (Lipinski definition) is 4. The number of rotatable bonds is 4. The van der Waals surface area contributed by atoms with Crippen LogP contribution in [0.3, 0.4) is 0 Å². The lowest BCUT2D eigenvalue weighted by Crippen LogP contribution is -3.15. The van der Waals surface area contributed by atoms with Gasteiger partial charge in [-0.3, -0.25) is 0 Å². The quantitative estimate of drug-likeness (QED) is 0.900. The minimum Gasteiger partial charge on any atom is -0.358 e. The number of para-hydroxylation sites is 1. The van der Waals surface area contributed by atoms with E-state index in [4.69, 9.17) is 0 Å². The standard InChI is InChI=1S/C19H29FN6/c1-14(2)17(18-21-22-23-26(18)19(3,4)5)25-12-10-24(11-13-25)16-9-7-6-8-15(16)20/h6-9,14,17H,10-13H2,1-5H3/p+1/t17-/m1/s1. The summed E-state index contributed by atoms with van der Waals surface area (Å²) in [6.45, 7) is 14.3. The van der Waals surface area contributed by atoms with Crippen molar-refractivity contribution in [3.63, 3.8) is 0 Å². The Kier molecular flexibility index (Phi) is 5.27. The van der Waals surface area contributed by atoms with Crippen molar-refractivity contribution < 1.29 is 9.29 Å². The summed E-state index contributed by atoms with van der Waals surface area (Å²) in [7, 11) is 0. The SMILES string of the molecule is CC(C)[C@H](c1nnnn1C(C)(C)C)[NH+]1CCN(c2ccccc2F)CC1. The van der Waals surface area contributed by atoms with Gasteiger partial charge in [0.15, 0.2) is 6.04 Å². The summed E-state index contributed by atoms with van der Waals surface area (Å²) in [6, 6.07) is 7.25. The van der Waals surface area contributed by atoms with E-state index in [2.05, 4.69) is 55.0 Å². The van der Waals surface area contributed by atoms with Gasteiger partial charge in [0.1, 0.15) is 5.82 Å². The van der Waals surface area contributed by atoms with Crippen LogP contribution in [0.2, 0.25) is 0 Å². The number of hydrogen-bond donors (Lipinski definition) is 1. The molecule has 1 aromatic heterocycles. The second-order valence-electron chi connectivity index (χ2n) is 8.44. The molecule has 26 heavy (non-hydrogen) atoms. The lowest BCUT2D eigenvalue weighted by molar-refractivity contribution is -0.937. The second kappa shape index (κ2) is 7.31. The Labute approximate surface area is 155 Å². The molecular formula is C19H30FN6+. The van der Waals surface area contributed by atoms with E-state index in [0.717, 1.165) is 32.0 Å². The van der Waals surface area contributed by atoms with Crippen molar-refractivity contribution in [3.8, 4) is 0 Å². The van der Waals surface area contributed by atoms with Gasteiger partial charge in [-0.2, -0.15) is 0 Å². The molecule has 1 aliphatic rings. The molecule has 0 spiro atoms. The van der Waals surface area contributed by atoms with Gasteiger partial charge >= 0.3 is 0 Å². The van der Waals surface area contributed by atoms with Gasteiger partial charge in [0, 0.05) is 5.92 Å². The van der Waals surface area contributed by atoms with E-state index in [1.807, 2.05) is 16.8 Å². The van der Waals surface area contributed by atoms with Gasteiger partial charge in [-0.1, -0.05) is 26.0 Å². The maximum Gasteiger partial charge on any atom is 0.210 e. The maximum atomic E-state index is 14.1. The fourth-order valence-electron chi connectivity index (χ4n) is 3.87. The molecule has 0 unspecified atom stereocenters. The molecule has 1 aliphatic heterocycles. The van der Waals surface area contributed by atoms with Gasteiger partial charge in [0.2, 0.25) is 5.82 Å². The normalized spacial score (nSPS) is 17.7. The Bertz CT molecular complexity index is 728. The first-order valence-electron chi connectivity index (χ1n) is 9.42. The Hall–Kier alpha value is -2.02. The van der Waals surface area contributed by atoms with Crippen molar-refractivity contribution >= 4 is 5.69 Å². The molecule has 1 aromatic carbocycles. The summed E-state index contributed by atoms with van der Waals surface area (Å²) in [5, 5.41) is 12.6. The predicted molar refractivity (Wildman–Crippen MR) is 99.7 cm³/mol. The average Bonchev–Trinajstić information content (AvgIpc) is 3.05. The van der Waals surface area contributed by atoms with Gasteiger partial charge in [-0.05, 0) is 43.3 Å². The van der Waals surface area contributed by atoms with Crippen molar-refractivity contribution in [2.75, 3.05) is 31.1 Å². The molecule has 3 rings (SSSR count). The molecule has 0 aliphatic carbocycles. The highest BCUT2D eigenvalue weighted by molar-refractivity contribution is 5.47. The molecule has 6 nitrogen and oxygen atoms in total. The smallest absolute Gasteiger partial charge is 0.210 e. The zero-order chi connectivity index (χ0) is 18.9. The van der Waals surface area contributed by atoms with Crippen LogP contribution < -0.4 is 9.80 Å². The third kappa shape index (κ3) is 3.72. The number of piperazine rings is 1. The zero-order valence-electron chi connectivity index (χ0n) is 16.4. The molecular weight excluding hydrogens is 331 g/mol. The fourth-order valence-corrected chi connectivity index (χ4v) is 3.87. The Morgan fingerprint density at radius 3 is 2.35 bits per heavy atom. The van der Waals surface area contributed by atoms with Gasteiger partial charge in [0.25, 0.3) is 0 Å². The van der Waals surface area contributed by atoms with Crippen molar-refractivity contribution in [2.24, 2.45) is 5.92 Å². The van der Waals surface area contributed by atoms with Crippen LogP contribution in [0.1, 0.15) is 46.5 Å². The summed E-state index contributed by atoms with van der Waals surface area (Å²) < 4.78 is 16.0. The van der Waals surface area contributed by atoms with Gasteiger partial charge in [-0.25, -0.2) is 9.07 Å². The number of anilines is 1. The molecule has 2 heterocycles. The molecule has 1 N–H and O–H groups in total. The Morgan fingerprint density at radius 1 is 1.12 bits per heavy atom. The van der Waals surface area contributed by atoms with Crippen LogP contribution in [0.5, 0.6) is 0 Å². The molecule has 2 aromatic rings. The van der Waals surface area contributed by atoms with E-state index in [9.17, 15) is 4.39 Å². The van der Waals surface area contributed by atoms with Crippen LogP contribution in [-0.4, -0.2) is 46.4 Å². The Morgan fingerprint density at radius 2 is 1.77 bits per heavy atom. The summed E-state index contributed by atoms with van der Waals surface area (Å²) in [5.74, 6) is 1.21. The van der Waals surface area contributed by atoms with E-state index < -0.39 is 0 Å². The zero-order valence-corrected chi connectivity index (χ0v) is 16.4. The Balaban J connectivity index is 1.78. The number of nitrogens with one attached hydrogen (secondary N) is 1. The highest BCUT2D eigenvalue weighted by Crippen LogP contribution is 2.23. The van der Waals surface area contributed by atoms with Gasteiger partial charge in [0.05, 0.1) is 37.4 Å². The van der Waals surface area contributed by atoms with E-state index in [0.29, 0.717) is 11.6 Å². The van der Waals surface area contributed by atoms with Gasteiger partial charge in [-0.15, -0.1) is 5.10 Å². The maximum absolute atomic E-state index is 14.1. The summed E-state index contributed by atoms with van der Waals surface area (Å²) in [5.41, 5.74) is 0.549. The molecule has 142 valence electrons. The summed E-state index contributed by atoms with van der Waals surface area (Å²) in [6.07, 6.45) is 0. The molecule has 0 amide bonds. The number of aromatic nitrogens is 4. The van der Waals surface area contributed by atoms with Crippen molar-refractivity contribution in [3.05, 3.63) is 35.9 Å². The third-order valence-electron chi connectivity index (χ3n) is 5.11. The number of benzene rings is 1. The highest BCUT2D eigenvalue weighted by Gasteiger charge is 2.37. The van der Waals surface area contributed by atoms with Crippen LogP contribution >= 0.6 is 0 Å². The number of halogens is 1. The van der Waals surface area contributed by atoms with E-state index >= 15 is 0 Å². The lowest BCUT2D eigenvalue weighted by Gasteiger charge is -2.39. The van der Waals surface area contributed by atoms with E-state index in [1.54, 1.807) is 6.07 Å². The third-order valence-corrected chi connectivity index (χ3v) is 5.11. The van der Waals surface area contributed by atoms with Crippen LogP contribution in [-0.2, 0) is 5.54 Å². The number of quaternary nitrogens is 1. The van der Waals surface area contributed by atoms with Crippen molar-refractivity contribution in [1.29, 1.82) is 0 Å². The largest absolute Gasteiger partial charge is 0.358 e. The molecule has 0 bridgehead atoms.